The third-order valence-corrected chi connectivity index (χ3v) is 17.0. The van der Waals surface area contributed by atoms with Crippen LogP contribution in [0.5, 0.6) is 0 Å². The Bertz CT molecular complexity index is 2530. The zero-order valence-corrected chi connectivity index (χ0v) is 46.3. The smallest absolute Gasteiger partial charge is 0.165 e. The average Bonchev–Trinajstić information content (AvgIpc) is 3.87. The standard InChI is InChI=1S/2C16H13.C16H14.2C4H11NOSi.In.Zr/c2*1-12-10-14-8-5-9-15(16(14)11-12)13-6-3-2-4-7-13;1-3-9-15(10-4-1)13-7-8-14-16-11-5-2-6-12-16;2*1-7(2,3)4(5)6;;/h2*2-11H,1H3;1-14H;2*1-3H3,(H2,5,6);;/q2*-1;;;;2*+2/p-2. The van der Waals surface area contributed by atoms with Crippen LogP contribution in [-0.4, -0.2) is 50.7 Å². The molecule has 0 aliphatic rings. The molecule has 0 aliphatic heterocycles. The van der Waals surface area contributed by atoms with Gasteiger partial charge in [-0.05, 0) is 22.3 Å². The van der Waals surface area contributed by atoms with E-state index in [1.165, 1.54) is 66.1 Å². The van der Waals surface area contributed by atoms with Gasteiger partial charge in [0.2, 0.25) is 0 Å². The van der Waals surface area contributed by atoms with Crippen molar-refractivity contribution >= 4 is 84.4 Å². The Hall–Kier alpha value is -4.85. The number of carbonyl (C=O) groups excluding carboxylic acids is 2. The van der Waals surface area contributed by atoms with Gasteiger partial charge in [0.05, 0.1) is 0 Å². The number of allylic oxidation sites excluding steroid dienone is 2. The molecule has 2 N–H and O–H groups in total. The molecule has 0 unspecified atom stereocenters. The van der Waals surface area contributed by atoms with Crippen LogP contribution in [0.25, 0.3) is 56.0 Å². The molecule has 0 fully saturated rings. The normalized spacial score (nSPS) is 11.0. The van der Waals surface area contributed by atoms with Crippen molar-refractivity contribution in [1.29, 1.82) is 0 Å². The number of rotatable bonds is 9. The maximum absolute atomic E-state index is 11.6. The number of fused-ring (bicyclic) bond motifs is 2. The van der Waals surface area contributed by atoms with E-state index in [9.17, 15) is 9.59 Å². The van der Waals surface area contributed by atoms with Crippen molar-refractivity contribution in [2.24, 2.45) is 0 Å². The fourth-order valence-corrected chi connectivity index (χ4v) is 16.8. The Morgan fingerprint density at radius 2 is 0.797 bits per heavy atom. The minimum atomic E-state index is -1.72. The number of hydrogen-bond acceptors (Lipinski definition) is 2. The molecule has 0 atom stereocenters. The molecule has 8 aromatic carbocycles. The molecule has 0 saturated carbocycles. The molecular formula is C56H60InN2O2Si2Zr. The first-order chi connectivity index (χ1) is 30.2. The van der Waals surface area contributed by atoms with Crippen LogP contribution in [0.15, 0.2) is 194 Å². The summed E-state index contributed by atoms with van der Waals surface area (Å²) in [6, 6.07) is 63.7. The first-order valence-corrected chi connectivity index (χ1v) is 31.8. The molecule has 8 rings (SSSR count). The summed E-state index contributed by atoms with van der Waals surface area (Å²) < 4.78 is 5.86. The SMILES string of the molecule is C(C=Cc1ccccc1)=Cc1ccccc1.C[Si](C)(C)C(=O)[NH][In][NH]C(=O)[Si](C)(C)C.Cc1cc2c(-c3ccccc3)cccc2[cH-]1.Cc1cc2c(-c3ccccc3)cccc2[cH-]1.[Zr+2]. The van der Waals surface area contributed by atoms with Crippen LogP contribution in [0, 0.1) is 13.8 Å². The third-order valence-electron chi connectivity index (χ3n) is 10.0. The number of aryl methyl sites for hydroxylation is 2. The maximum atomic E-state index is 11.6. The molecule has 4 nitrogen and oxygen atoms in total. The van der Waals surface area contributed by atoms with Crippen molar-refractivity contribution in [2.45, 2.75) is 53.1 Å². The minimum Gasteiger partial charge on any atom is -0.165 e. The van der Waals surface area contributed by atoms with E-state index in [0.717, 1.165) is 0 Å². The quantitative estimate of drug-likeness (QED) is 0.0860. The van der Waals surface area contributed by atoms with Crippen molar-refractivity contribution in [3.63, 3.8) is 0 Å². The van der Waals surface area contributed by atoms with Crippen LogP contribution >= 0.6 is 0 Å². The fraction of sp³-hybridized carbons (Fsp3) is 0.143. The van der Waals surface area contributed by atoms with Gasteiger partial charge >= 0.3 is 132 Å². The fourth-order valence-electron chi connectivity index (χ4n) is 6.57. The van der Waals surface area contributed by atoms with Crippen LogP contribution in [0.3, 0.4) is 0 Å². The van der Waals surface area contributed by atoms with Gasteiger partial charge in [-0.3, -0.25) is 0 Å². The minimum absolute atomic E-state index is 0. The zero-order chi connectivity index (χ0) is 45.2. The Morgan fingerprint density at radius 1 is 0.469 bits per heavy atom. The first kappa shape index (κ1) is 51.8. The van der Waals surface area contributed by atoms with Gasteiger partial charge in [-0.25, -0.2) is 0 Å². The summed E-state index contributed by atoms with van der Waals surface area (Å²) in [5.41, 5.74) is 10.7. The summed E-state index contributed by atoms with van der Waals surface area (Å²) >= 11 is -1.43. The number of benzene rings is 6. The second-order valence-electron chi connectivity index (χ2n) is 17.5. The number of hydrogen-bond donors (Lipinski definition) is 2. The molecule has 1 radical (unpaired) electrons. The maximum Gasteiger partial charge on any atom is 2.00 e. The molecule has 0 spiro atoms. The van der Waals surface area contributed by atoms with Gasteiger partial charge in [-0.15, -0.1) is 69.1 Å². The molecule has 2 amide bonds. The van der Waals surface area contributed by atoms with Crippen LogP contribution in [0.1, 0.15) is 22.3 Å². The predicted molar refractivity (Wildman–Crippen MR) is 280 cm³/mol. The summed E-state index contributed by atoms with van der Waals surface area (Å²) in [4.78, 5) is 23.1. The molecule has 8 aromatic rings. The first-order valence-electron chi connectivity index (χ1n) is 21.5. The Kier molecular flexibility index (Phi) is 20.7. The van der Waals surface area contributed by atoms with E-state index in [0.29, 0.717) is 0 Å². The van der Waals surface area contributed by atoms with E-state index in [2.05, 4.69) is 190 Å². The van der Waals surface area contributed by atoms with Crippen molar-refractivity contribution in [2.75, 3.05) is 0 Å². The van der Waals surface area contributed by atoms with Crippen LogP contribution in [-0.2, 0) is 26.2 Å². The van der Waals surface area contributed by atoms with Gasteiger partial charge in [0.1, 0.15) is 0 Å². The summed E-state index contributed by atoms with van der Waals surface area (Å²) in [7, 11) is -3.44. The Labute approximate surface area is 415 Å². The molecule has 0 heterocycles. The second kappa shape index (κ2) is 25.6. The largest absolute Gasteiger partial charge is 2.00 e. The molecule has 0 bridgehead atoms. The van der Waals surface area contributed by atoms with Crippen LogP contribution in [0.4, 0.5) is 9.59 Å². The predicted octanol–water partition coefficient (Wildman–Crippen LogP) is 15.3. The van der Waals surface area contributed by atoms with Crippen molar-refractivity contribution < 1.29 is 35.8 Å². The molecule has 64 heavy (non-hydrogen) atoms. The van der Waals surface area contributed by atoms with Gasteiger partial charge < -0.3 is 0 Å². The summed E-state index contributed by atoms with van der Waals surface area (Å²) in [5.74, 6) is 0. The van der Waals surface area contributed by atoms with Crippen molar-refractivity contribution in [3.8, 4) is 22.3 Å². The summed E-state index contributed by atoms with van der Waals surface area (Å²) in [6.07, 6.45) is 8.31. The number of carbonyl (C=O) groups is 2. The molecular weight excluding hydrogens is 995 g/mol. The van der Waals surface area contributed by atoms with Crippen molar-refractivity contribution in [3.05, 3.63) is 216 Å². The van der Waals surface area contributed by atoms with Crippen LogP contribution in [0.2, 0.25) is 39.3 Å². The Balaban J connectivity index is 0.000000186. The molecule has 0 saturated heterocycles. The second-order valence-corrected chi connectivity index (χ2v) is 29.9. The van der Waals surface area contributed by atoms with Crippen LogP contribution < -0.4 is 6.61 Å². The van der Waals surface area contributed by atoms with E-state index in [1.807, 2.05) is 75.7 Å². The van der Waals surface area contributed by atoms with E-state index in [4.69, 9.17) is 0 Å². The number of nitrogens with one attached hydrogen (secondary N) is 2. The summed E-state index contributed by atoms with van der Waals surface area (Å²) in [6.45, 7) is 16.3. The van der Waals surface area contributed by atoms with E-state index in [1.54, 1.807) is 0 Å². The van der Waals surface area contributed by atoms with Gasteiger partial charge in [0.15, 0.2) is 0 Å². The van der Waals surface area contributed by atoms with E-state index >= 15 is 0 Å². The van der Waals surface area contributed by atoms with Gasteiger partial charge in [-0.2, -0.15) is 12.1 Å². The zero-order valence-electron chi connectivity index (χ0n) is 38.5. The molecule has 321 valence electrons. The Morgan fingerprint density at radius 3 is 1.12 bits per heavy atom. The topological polar surface area (TPSA) is 58.2 Å². The average molecular weight is 1060 g/mol. The molecule has 0 aliphatic carbocycles. The molecule has 8 heteroatoms. The summed E-state index contributed by atoms with van der Waals surface area (Å²) in [5, 5.41) is 5.37. The number of amides is 2. The van der Waals surface area contributed by atoms with Crippen molar-refractivity contribution in [1.82, 2.24) is 6.61 Å². The van der Waals surface area contributed by atoms with E-state index in [-0.39, 0.29) is 37.3 Å². The monoisotopic (exact) mass is 1050 g/mol. The van der Waals surface area contributed by atoms with E-state index < -0.39 is 39.6 Å². The van der Waals surface area contributed by atoms with Gasteiger partial charge in [-0.1, -0.05) is 183 Å². The van der Waals surface area contributed by atoms with Gasteiger partial charge in [0.25, 0.3) is 0 Å². The molecule has 0 aromatic heterocycles. The van der Waals surface area contributed by atoms with Gasteiger partial charge in [0, 0.05) is 0 Å². The third kappa shape index (κ3) is 16.6.